The molecule has 2 aromatic carbocycles. The van der Waals surface area contributed by atoms with Crippen LogP contribution in [0.5, 0.6) is 0 Å². The molecular formula is C21H20Cl2N2O2. The van der Waals surface area contributed by atoms with Crippen LogP contribution in [-0.4, -0.2) is 17.9 Å². The summed E-state index contributed by atoms with van der Waals surface area (Å²) in [4.78, 5) is 26.0. The Balaban J connectivity index is 2.00. The minimum Gasteiger partial charge on any atom is -0.352 e. The number of piperidine rings is 1. The molecule has 6 heteroatoms. The average Bonchev–Trinajstić information content (AvgIpc) is 2.88. The van der Waals surface area contributed by atoms with Gasteiger partial charge in [-0.15, -0.1) is 0 Å². The molecule has 2 heterocycles. The summed E-state index contributed by atoms with van der Waals surface area (Å²) in [6, 6.07) is 12.6. The predicted octanol–water partition coefficient (Wildman–Crippen LogP) is 4.51. The summed E-state index contributed by atoms with van der Waals surface area (Å²) in [6.07, 6.45) is 0.221. The van der Waals surface area contributed by atoms with E-state index in [1.165, 1.54) is 0 Å². The van der Waals surface area contributed by atoms with Crippen molar-refractivity contribution in [3.05, 3.63) is 63.6 Å². The molecule has 1 fully saturated rings. The zero-order chi connectivity index (χ0) is 19.3. The zero-order valence-corrected chi connectivity index (χ0v) is 16.6. The first-order valence-corrected chi connectivity index (χ1v) is 9.76. The van der Waals surface area contributed by atoms with Gasteiger partial charge in [0.1, 0.15) is 5.41 Å². The van der Waals surface area contributed by atoms with E-state index in [0.717, 1.165) is 11.1 Å². The number of fused-ring (bicyclic) bond motifs is 2. The lowest BCUT2D eigenvalue weighted by atomic mass is 9.58. The number of hydrogen-bond acceptors (Lipinski definition) is 2. The van der Waals surface area contributed by atoms with Crippen LogP contribution in [0.2, 0.25) is 10.0 Å². The number of halogens is 2. The molecule has 2 aromatic rings. The molecule has 2 aliphatic rings. The number of carbonyl (C=O) groups excluding carboxylic acids is 2. The van der Waals surface area contributed by atoms with E-state index >= 15 is 0 Å². The Labute approximate surface area is 168 Å². The van der Waals surface area contributed by atoms with Crippen LogP contribution in [0.3, 0.4) is 0 Å². The number of anilines is 1. The van der Waals surface area contributed by atoms with Gasteiger partial charge in [0.15, 0.2) is 0 Å². The number of amides is 2. The Bertz CT molecular complexity index is 944. The van der Waals surface area contributed by atoms with Gasteiger partial charge in [-0.25, -0.2) is 0 Å². The summed E-state index contributed by atoms with van der Waals surface area (Å²) >= 11 is 12.4. The third-order valence-corrected chi connectivity index (χ3v) is 6.19. The summed E-state index contributed by atoms with van der Waals surface area (Å²) < 4.78 is 0. The van der Waals surface area contributed by atoms with Crippen molar-refractivity contribution < 1.29 is 9.59 Å². The summed E-state index contributed by atoms with van der Waals surface area (Å²) in [6.45, 7) is 4.04. The molecule has 27 heavy (non-hydrogen) atoms. The second-order valence-corrected chi connectivity index (χ2v) is 8.49. The third-order valence-electron chi connectivity index (χ3n) is 5.72. The van der Waals surface area contributed by atoms with E-state index in [0.29, 0.717) is 15.7 Å². The van der Waals surface area contributed by atoms with Crippen LogP contribution in [0.15, 0.2) is 42.5 Å². The number of hydrogen-bond donors (Lipinski definition) is 2. The highest BCUT2D eigenvalue weighted by Gasteiger charge is 2.61. The van der Waals surface area contributed by atoms with E-state index in [2.05, 4.69) is 10.6 Å². The Morgan fingerprint density at radius 3 is 2.52 bits per heavy atom. The van der Waals surface area contributed by atoms with Crippen LogP contribution >= 0.6 is 23.2 Å². The molecule has 0 radical (unpaired) electrons. The molecule has 0 aromatic heterocycles. The lowest BCUT2D eigenvalue weighted by Crippen LogP contribution is -2.63. The van der Waals surface area contributed by atoms with Gasteiger partial charge in [0.05, 0.1) is 6.04 Å². The first-order valence-electron chi connectivity index (χ1n) is 9.00. The molecule has 2 aliphatic heterocycles. The van der Waals surface area contributed by atoms with Crippen LogP contribution in [0.1, 0.15) is 37.3 Å². The van der Waals surface area contributed by atoms with Crippen molar-refractivity contribution in [3.8, 4) is 0 Å². The minimum atomic E-state index is -0.910. The molecule has 0 bridgehead atoms. The predicted molar refractivity (Wildman–Crippen MR) is 107 cm³/mol. The highest BCUT2D eigenvalue weighted by Crippen LogP contribution is 2.54. The van der Waals surface area contributed by atoms with E-state index in [9.17, 15) is 9.59 Å². The fourth-order valence-electron chi connectivity index (χ4n) is 4.69. The standard InChI is InChI=1S/C21H20Cl2N2O2/c1-11(2)19-21(15-7-6-14(23)9-17(15)24-20(21)27)16(10-18(26)25-19)12-4-3-5-13(22)8-12/h3-9,11,16,19H,10H2,1-2H3,(H,24,27)(H,25,26). The Morgan fingerprint density at radius 1 is 1.07 bits per heavy atom. The molecule has 0 aliphatic carbocycles. The number of benzene rings is 2. The smallest absolute Gasteiger partial charge is 0.237 e. The molecular weight excluding hydrogens is 383 g/mol. The number of rotatable bonds is 2. The molecule has 1 saturated heterocycles. The molecule has 1 spiro atoms. The molecule has 140 valence electrons. The maximum atomic E-state index is 13.5. The highest BCUT2D eigenvalue weighted by molar-refractivity contribution is 6.31. The van der Waals surface area contributed by atoms with Crippen molar-refractivity contribution in [2.45, 2.75) is 37.6 Å². The fraction of sp³-hybridized carbons (Fsp3) is 0.333. The summed E-state index contributed by atoms with van der Waals surface area (Å²) in [5.41, 5.74) is 1.56. The van der Waals surface area contributed by atoms with Crippen LogP contribution < -0.4 is 10.6 Å². The van der Waals surface area contributed by atoms with Gasteiger partial charge < -0.3 is 10.6 Å². The van der Waals surface area contributed by atoms with Gasteiger partial charge >= 0.3 is 0 Å². The van der Waals surface area contributed by atoms with E-state index in [4.69, 9.17) is 23.2 Å². The Hall–Kier alpha value is -2.04. The lowest BCUT2D eigenvalue weighted by molar-refractivity contribution is -0.132. The number of carbonyl (C=O) groups is 2. The molecule has 3 atom stereocenters. The van der Waals surface area contributed by atoms with Gasteiger partial charge in [-0.2, -0.15) is 0 Å². The van der Waals surface area contributed by atoms with E-state index in [-0.39, 0.29) is 36.1 Å². The van der Waals surface area contributed by atoms with Crippen LogP contribution in [0, 0.1) is 5.92 Å². The summed E-state index contributed by atoms with van der Waals surface area (Å²) in [7, 11) is 0. The largest absolute Gasteiger partial charge is 0.352 e. The van der Waals surface area contributed by atoms with Crippen molar-refractivity contribution in [1.29, 1.82) is 0 Å². The molecule has 2 N–H and O–H groups in total. The summed E-state index contributed by atoms with van der Waals surface area (Å²) in [5, 5.41) is 7.24. The van der Waals surface area contributed by atoms with Gasteiger partial charge in [-0.05, 0) is 41.3 Å². The van der Waals surface area contributed by atoms with E-state index < -0.39 is 5.41 Å². The highest BCUT2D eigenvalue weighted by atomic mass is 35.5. The second-order valence-electron chi connectivity index (χ2n) is 7.61. The van der Waals surface area contributed by atoms with Crippen molar-refractivity contribution in [2.24, 2.45) is 5.92 Å². The molecule has 3 unspecified atom stereocenters. The quantitative estimate of drug-likeness (QED) is 0.775. The van der Waals surface area contributed by atoms with Gasteiger partial charge in [-0.1, -0.05) is 55.2 Å². The third kappa shape index (κ3) is 2.74. The van der Waals surface area contributed by atoms with Crippen molar-refractivity contribution in [3.63, 3.8) is 0 Å². The molecule has 4 rings (SSSR count). The first-order chi connectivity index (χ1) is 12.8. The molecule has 2 amide bonds. The second kappa shape index (κ2) is 6.54. The monoisotopic (exact) mass is 402 g/mol. The maximum absolute atomic E-state index is 13.5. The Morgan fingerprint density at radius 2 is 1.81 bits per heavy atom. The van der Waals surface area contributed by atoms with E-state index in [1.807, 2.05) is 38.1 Å². The normalized spacial score (nSPS) is 26.9. The van der Waals surface area contributed by atoms with Gasteiger partial charge in [0.2, 0.25) is 11.8 Å². The van der Waals surface area contributed by atoms with Gasteiger partial charge in [0, 0.05) is 28.1 Å². The Kier molecular flexibility index (Phi) is 4.44. The van der Waals surface area contributed by atoms with E-state index in [1.54, 1.807) is 18.2 Å². The number of nitrogens with one attached hydrogen (secondary N) is 2. The summed E-state index contributed by atoms with van der Waals surface area (Å²) in [5.74, 6) is -0.425. The van der Waals surface area contributed by atoms with Gasteiger partial charge in [-0.3, -0.25) is 9.59 Å². The van der Waals surface area contributed by atoms with Crippen LogP contribution in [-0.2, 0) is 15.0 Å². The SMILES string of the molecule is CC(C)C1NC(=O)CC(c2cccc(Cl)c2)C12C(=O)Nc1cc(Cl)ccc12. The van der Waals surface area contributed by atoms with Crippen LogP contribution in [0.25, 0.3) is 0 Å². The van der Waals surface area contributed by atoms with Crippen molar-refractivity contribution in [2.75, 3.05) is 5.32 Å². The van der Waals surface area contributed by atoms with Gasteiger partial charge in [0.25, 0.3) is 0 Å². The van der Waals surface area contributed by atoms with Crippen molar-refractivity contribution >= 4 is 40.7 Å². The zero-order valence-electron chi connectivity index (χ0n) is 15.1. The topological polar surface area (TPSA) is 58.2 Å². The average molecular weight is 403 g/mol. The first kappa shape index (κ1) is 18.3. The molecule has 0 saturated carbocycles. The van der Waals surface area contributed by atoms with Crippen molar-refractivity contribution in [1.82, 2.24) is 5.32 Å². The minimum absolute atomic E-state index is 0.0560. The lowest BCUT2D eigenvalue weighted by Gasteiger charge is -2.48. The fourth-order valence-corrected chi connectivity index (χ4v) is 5.06. The maximum Gasteiger partial charge on any atom is 0.237 e. The molecule has 4 nitrogen and oxygen atoms in total. The van der Waals surface area contributed by atoms with Crippen LogP contribution in [0.4, 0.5) is 5.69 Å².